The van der Waals surface area contributed by atoms with E-state index in [2.05, 4.69) is 29.4 Å². The topological polar surface area (TPSA) is 45.1 Å². The summed E-state index contributed by atoms with van der Waals surface area (Å²) >= 11 is 0. The first-order valence-corrected chi connectivity index (χ1v) is 7.55. The number of para-hydroxylation sites is 1. The molecule has 0 aliphatic carbocycles. The fourth-order valence-corrected chi connectivity index (χ4v) is 2.52. The molecule has 0 saturated heterocycles. The highest BCUT2D eigenvalue weighted by Gasteiger charge is 2.11. The molecular formula is C19H20N2O. The SMILES string of the molecule is CC(NC[C@H](O)c1ccccc1)c1cnc2ccccc2c1. The van der Waals surface area contributed by atoms with Gasteiger partial charge >= 0.3 is 0 Å². The molecule has 0 amide bonds. The van der Waals surface area contributed by atoms with Gasteiger partial charge in [-0.2, -0.15) is 0 Å². The van der Waals surface area contributed by atoms with Crippen LogP contribution in [0.4, 0.5) is 0 Å². The first kappa shape index (κ1) is 14.7. The lowest BCUT2D eigenvalue weighted by Crippen LogP contribution is -2.24. The third-order valence-corrected chi connectivity index (χ3v) is 3.91. The van der Waals surface area contributed by atoms with Crippen LogP contribution in [0.25, 0.3) is 10.9 Å². The predicted molar refractivity (Wildman–Crippen MR) is 89.6 cm³/mol. The first-order chi connectivity index (χ1) is 10.7. The fourth-order valence-electron chi connectivity index (χ4n) is 2.52. The van der Waals surface area contributed by atoms with Crippen molar-refractivity contribution >= 4 is 10.9 Å². The second-order valence-electron chi connectivity index (χ2n) is 5.52. The molecule has 0 radical (unpaired) electrons. The normalized spacial score (nSPS) is 13.9. The van der Waals surface area contributed by atoms with Gasteiger partial charge in [-0.05, 0) is 30.2 Å². The van der Waals surface area contributed by atoms with Crippen LogP contribution in [0, 0.1) is 0 Å². The summed E-state index contributed by atoms with van der Waals surface area (Å²) in [4.78, 5) is 4.49. The van der Waals surface area contributed by atoms with Crippen LogP contribution >= 0.6 is 0 Å². The number of pyridine rings is 1. The number of rotatable bonds is 5. The Morgan fingerprint density at radius 1 is 1.00 bits per heavy atom. The molecule has 0 spiro atoms. The molecule has 3 nitrogen and oxygen atoms in total. The van der Waals surface area contributed by atoms with Crippen molar-refractivity contribution in [2.75, 3.05) is 6.54 Å². The van der Waals surface area contributed by atoms with Crippen LogP contribution in [0.3, 0.4) is 0 Å². The Morgan fingerprint density at radius 2 is 1.73 bits per heavy atom. The maximum Gasteiger partial charge on any atom is 0.0914 e. The van der Waals surface area contributed by atoms with Crippen molar-refractivity contribution in [1.82, 2.24) is 10.3 Å². The van der Waals surface area contributed by atoms with E-state index >= 15 is 0 Å². The van der Waals surface area contributed by atoms with E-state index in [0.29, 0.717) is 6.54 Å². The third kappa shape index (κ3) is 3.32. The zero-order valence-electron chi connectivity index (χ0n) is 12.6. The lowest BCUT2D eigenvalue weighted by atomic mass is 10.1. The monoisotopic (exact) mass is 292 g/mol. The summed E-state index contributed by atoms with van der Waals surface area (Å²) in [5.74, 6) is 0. The van der Waals surface area contributed by atoms with Crippen LogP contribution in [0.2, 0.25) is 0 Å². The predicted octanol–water partition coefficient (Wildman–Crippen LogP) is 3.62. The maximum absolute atomic E-state index is 10.2. The molecule has 2 atom stereocenters. The van der Waals surface area contributed by atoms with E-state index in [1.807, 2.05) is 54.7 Å². The smallest absolute Gasteiger partial charge is 0.0914 e. The van der Waals surface area contributed by atoms with Gasteiger partial charge in [0.2, 0.25) is 0 Å². The highest BCUT2D eigenvalue weighted by molar-refractivity contribution is 5.78. The van der Waals surface area contributed by atoms with Gasteiger partial charge in [0, 0.05) is 24.2 Å². The summed E-state index contributed by atoms with van der Waals surface area (Å²) in [6, 6.07) is 20.1. The van der Waals surface area contributed by atoms with Crippen LogP contribution in [0.1, 0.15) is 30.2 Å². The summed E-state index contributed by atoms with van der Waals surface area (Å²) in [5, 5.41) is 14.7. The number of aromatic nitrogens is 1. The Kier molecular flexibility index (Phi) is 4.47. The maximum atomic E-state index is 10.2. The van der Waals surface area contributed by atoms with Gasteiger partial charge in [0.15, 0.2) is 0 Å². The van der Waals surface area contributed by atoms with E-state index in [-0.39, 0.29) is 6.04 Å². The van der Waals surface area contributed by atoms with Gasteiger partial charge in [0.25, 0.3) is 0 Å². The Hall–Kier alpha value is -2.23. The van der Waals surface area contributed by atoms with Crippen molar-refractivity contribution in [2.45, 2.75) is 19.1 Å². The standard InChI is InChI=1S/C19H20N2O/c1-14(20-13-19(22)15-7-3-2-4-8-15)17-11-16-9-5-6-10-18(16)21-12-17/h2-12,14,19-20,22H,13H2,1H3/t14?,19-/m0/s1. The van der Waals surface area contributed by atoms with Crippen molar-refractivity contribution in [3.63, 3.8) is 0 Å². The molecule has 112 valence electrons. The minimum absolute atomic E-state index is 0.135. The minimum atomic E-state index is -0.503. The third-order valence-electron chi connectivity index (χ3n) is 3.91. The van der Waals surface area contributed by atoms with Crippen LogP contribution in [0.15, 0.2) is 66.9 Å². The van der Waals surface area contributed by atoms with Crippen LogP contribution in [-0.4, -0.2) is 16.6 Å². The molecule has 0 fully saturated rings. The average molecular weight is 292 g/mol. The van der Waals surface area contributed by atoms with Gasteiger partial charge in [0.1, 0.15) is 0 Å². The van der Waals surface area contributed by atoms with Gasteiger partial charge in [-0.15, -0.1) is 0 Å². The second-order valence-corrected chi connectivity index (χ2v) is 5.52. The summed E-state index contributed by atoms with van der Waals surface area (Å²) in [7, 11) is 0. The Labute approximate surface area is 130 Å². The summed E-state index contributed by atoms with van der Waals surface area (Å²) in [6.07, 6.45) is 1.39. The molecule has 0 bridgehead atoms. The lowest BCUT2D eigenvalue weighted by Gasteiger charge is -2.18. The number of nitrogens with one attached hydrogen (secondary N) is 1. The molecule has 2 N–H and O–H groups in total. The summed E-state index contributed by atoms with van der Waals surface area (Å²) in [5.41, 5.74) is 3.06. The average Bonchev–Trinajstić information content (AvgIpc) is 2.59. The zero-order valence-corrected chi connectivity index (χ0v) is 12.6. The molecule has 22 heavy (non-hydrogen) atoms. The van der Waals surface area contributed by atoms with Gasteiger partial charge in [0.05, 0.1) is 11.6 Å². The second kappa shape index (κ2) is 6.69. The van der Waals surface area contributed by atoms with Gasteiger partial charge in [-0.3, -0.25) is 4.98 Å². The molecule has 1 aromatic heterocycles. The van der Waals surface area contributed by atoms with Gasteiger partial charge in [-0.1, -0.05) is 48.5 Å². The van der Waals surface area contributed by atoms with Crippen LogP contribution in [-0.2, 0) is 0 Å². The molecule has 0 saturated carbocycles. The van der Waals surface area contributed by atoms with Crippen LogP contribution in [0.5, 0.6) is 0 Å². The number of hydrogen-bond donors (Lipinski definition) is 2. The number of aliphatic hydroxyl groups excluding tert-OH is 1. The van der Waals surface area contributed by atoms with Crippen molar-refractivity contribution < 1.29 is 5.11 Å². The zero-order chi connectivity index (χ0) is 15.4. The molecule has 1 unspecified atom stereocenters. The largest absolute Gasteiger partial charge is 0.387 e. The summed E-state index contributed by atoms with van der Waals surface area (Å²) in [6.45, 7) is 2.60. The Balaban J connectivity index is 1.67. The molecule has 1 heterocycles. The van der Waals surface area contributed by atoms with E-state index in [0.717, 1.165) is 22.0 Å². The Bertz CT molecular complexity index is 743. The van der Waals surface area contributed by atoms with E-state index in [9.17, 15) is 5.11 Å². The molecule has 2 aromatic carbocycles. The quantitative estimate of drug-likeness (QED) is 0.755. The fraction of sp³-hybridized carbons (Fsp3) is 0.211. The van der Waals surface area contributed by atoms with Gasteiger partial charge in [-0.25, -0.2) is 0 Å². The number of fused-ring (bicyclic) bond motifs is 1. The molecule has 3 aromatic rings. The van der Waals surface area contributed by atoms with E-state index in [4.69, 9.17) is 0 Å². The molecule has 3 rings (SSSR count). The van der Waals surface area contributed by atoms with Crippen molar-refractivity contribution in [3.8, 4) is 0 Å². The number of hydrogen-bond acceptors (Lipinski definition) is 3. The summed E-state index contributed by atoms with van der Waals surface area (Å²) < 4.78 is 0. The number of aliphatic hydroxyl groups is 1. The van der Waals surface area contributed by atoms with E-state index in [1.165, 1.54) is 0 Å². The lowest BCUT2D eigenvalue weighted by molar-refractivity contribution is 0.171. The first-order valence-electron chi connectivity index (χ1n) is 7.55. The number of nitrogens with zero attached hydrogens (tertiary/aromatic N) is 1. The molecular weight excluding hydrogens is 272 g/mol. The van der Waals surface area contributed by atoms with Crippen molar-refractivity contribution in [1.29, 1.82) is 0 Å². The molecule has 0 aliphatic heterocycles. The molecule has 0 aliphatic rings. The number of benzene rings is 2. The molecule has 3 heteroatoms. The van der Waals surface area contributed by atoms with E-state index < -0.39 is 6.10 Å². The van der Waals surface area contributed by atoms with Gasteiger partial charge < -0.3 is 10.4 Å². The Morgan fingerprint density at radius 3 is 2.55 bits per heavy atom. The van der Waals surface area contributed by atoms with Crippen molar-refractivity contribution in [3.05, 3.63) is 78.0 Å². The highest BCUT2D eigenvalue weighted by Crippen LogP contribution is 2.19. The van der Waals surface area contributed by atoms with Crippen molar-refractivity contribution in [2.24, 2.45) is 0 Å². The highest BCUT2D eigenvalue weighted by atomic mass is 16.3. The van der Waals surface area contributed by atoms with Crippen LogP contribution < -0.4 is 5.32 Å². The van der Waals surface area contributed by atoms with E-state index in [1.54, 1.807) is 0 Å². The minimum Gasteiger partial charge on any atom is -0.387 e.